The molecule has 108 valence electrons. The van der Waals surface area contributed by atoms with E-state index in [0.29, 0.717) is 11.5 Å². The van der Waals surface area contributed by atoms with E-state index < -0.39 is 0 Å². The van der Waals surface area contributed by atoms with Crippen molar-refractivity contribution in [1.29, 1.82) is 0 Å². The number of thiophene rings is 1. The first-order valence-corrected chi connectivity index (χ1v) is 8.01. The molecule has 1 atom stereocenters. The minimum atomic E-state index is 0.0965. The van der Waals surface area contributed by atoms with Crippen LogP contribution in [0.25, 0.3) is 21.9 Å². The predicted molar refractivity (Wildman–Crippen MR) is 91.5 cm³/mol. The molecule has 0 saturated heterocycles. The highest BCUT2D eigenvalue weighted by atomic mass is 32.1. The number of hydrogen-bond acceptors (Lipinski definition) is 4. The summed E-state index contributed by atoms with van der Waals surface area (Å²) in [5.41, 5.74) is 8.67. The standard InChI is InChI=1S/C15H16N4S2/c1-9-6-11-14(17-7-9)19(8-10(2)13(16)20)15(18-11)12-4-3-5-21-12/h3-7,10H,8H2,1-2H3,(H2,16,20). The van der Waals surface area contributed by atoms with Crippen molar-refractivity contribution in [2.24, 2.45) is 11.7 Å². The Labute approximate surface area is 132 Å². The molecule has 2 N–H and O–H groups in total. The van der Waals surface area contributed by atoms with E-state index in [4.69, 9.17) is 22.9 Å². The fourth-order valence-electron chi connectivity index (χ4n) is 2.24. The van der Waals surface area contributed by atoms with Gasteiger partial charge in [-0.25, -0.2) is 9.97 Å². The molecule has 3 aromatic heterocycles. The molecule has 0 bridgehead atoms. The average Bonchev–Trinajstić information content (AvgIpc) is 3.06. The molecule has 3 heterocycles. The van der Waals surface area contributed by atoms with Crippen LogP contribution in [-0.2, 0) is 6.54 Å². The summed E-state index contributed by atoms with van der Waals surface area (Å²) < 4.78 is 2.12. The lowest BCUT2D eigenvalue weighted by Gasteiger charge is -2.13. The van der Waals surface area contributed by atoms with E-state index in [0.717, 1.165) is 27.4 Å². The number of rotatable bonds is 4. The SMILES string of the molecule is Cc1cnc2c(c1)nc(-c1cccs1)n2CC(C)C(N)=S. The Morgan fingerprint density at radius 1 is 1.52 bits per heavy atom. The zero-order valence-electron chi connectivity index (χ0n) is 11.9. The van der Waals surface area contributed by atoms with Gasteiger partial charge in [-0.3, -0.25) is 0 Å². The second-order valence-corrected chi connectivity index (χ2v) is 6.60. The van der Waals surface area contributed by atoms with Gasteiger partial charge in [0.05, 0.1) is 9.87 Å². The van der Waals surface area contributed by atoms with Crippen LogP contribution in [0.4, 0.5) is 0 Å². The number of imidazole rings is 1. The monoisotopic (exact) mass is 316 g/mol. The maximum Gasteiger partial charge on any atom is 0.160 e. The molecule has 0 aliphatic carbocycles. The topological polar surface area (TPSA) is 56.7 Å². The van der Waals surface area contributed by atoms with Gasteiger partial charge in [-0.05, 0) is 30.0 Å². The van der Waals surface area contributed by atoms with Crippen LogP contribution in [0.15, 0.2) is 29.8 Å². The Morgan fingerprint density at radius 2 is 2.33 bits per heavy atom. The van der Waals surface area contributed by atoms with Gasteiger partial charge in [-0.15, -0.1) is 11.3 Å². The highest BCUT2D eigenvalue weighted by molar-refractivity contribution is 7.80. The first kappa shape index (κ1) is 14.2. The third-order valence-corrected chi connectivity index (χ3v) is 4.67. The van der Waals surface area contributed by atoms with E-state index in [1.807, 2.05) is 26.1 Å². The summed E-state index contributed by atoms with van der Waals surface area (Å²) in [6.07, 6.45) is 1.87. The fraction of sp³-hybridized carbons (Fsp3) is 0.267. The summed E-state index contributed by atoms with van der Waals surface area (Å²) in [5, 5.41) is 2.05. The summed E-state index contributed by atoms with van der Waals surface area (Å²) in [6, 6.07) is 6.15. The van der Waals surface area contributed by atoms with Gasteiger partial charge >= 0.3 is 0 Å². The number of pyridine rings is 1. The van der Waals surface area contributed by atoms with Crippen LogP contribution in [-0.4, -0.2) is 19.5 Å². The number of nitrogens with zero attached hydrogens (tertiary/aromatic N) is 3. The molecular weight excluding hydrogens is 300 g/mol. The molecule has 3 aromatic rings. The van der Waals surface area contributed by atoms with Crippen molar-refractivity contribution >= 4 is 39.7 Å². The summed E-state index contributed by atoms with van der Waals surface area (Å²) in [5.74, 6) is 1.03. The Balaban J connectivity index is 2.18. The second-order valence-electron chi connectivity index (χ2n) is 5.18. The van der Waals surface area contributed by atoms with Crippen molar-refractivity contribution in [3.05, 3.63) is 35.3 Å². The molecule has 0 radical (unpaired) electrons. The lowest BCUT2D eigenvalue weighted by molar-refractivity contribution is 0.614. The molecule has 4 nitrogen and oxygen atoms in total. The number of nitrogens with two attached hydrogens (primary N) is 1. The highest BCUT2D eigenvalue weighted by Crippen LogP contribution is 2.28. The van der Waals surface area contributed by atoms with Crippen LogP contribution in [0, 0.1) is 12.8 Å². The molecule has 0 fully saturated rings. The number of hydrogen-bond donors (Lipinski definition) is 1. The molecule has 0 aliphatic rings. The number of thiocarbonyl (C=S) groups is 1. The van der Waals surface area contributed by atoms with Gasteiger partial charge < -0.3 is 10.3 Å². The normalized spacial score (nSPS) is 12.7. The summed E-state index contributed by atoms with van der Waals surface area (Å²) >= 11 is 6.77. The minimum absolute atomic E-state index is 0.0965. The maximum atomic E-state index is 5.77. The molecule has 6 heteroatoms. The summed E-state index contributed by atoms with van der Waals surface area (Å²) in [6.45, 7) is 4.74. The third-order valence-electron chi connectivity index (χ3n) is 3.41. The zero-order chi connectivity index (χ0) is 15.0. The van der Waals surface area contributed by atoms with Crippen LogP contribution < -0.4 is 5.73 Å². The lowest BCUT2D eigenvalue weighted by atomic mass is 10.2. The summed E-state index contributed by atoms with van der Waals surface area (Å²) in [7, 11) is 0. The molecule has 21 heavy (non-hydrogen) atoms. The minimum Gasteiger partial charge on any atom is -0.393 e. The van der Waals surface area contributed by atoms with Gasteiger partial charge in [0.1, 0.15) is 5.52 Å². The van der Waals surface area contributed by atoms with Crippen LogP contribution in [0.2, 0.25) is 0 Å². The second kappa shape index (κ2) is 5.54. The molecule has 0 amide bonds. The van der Waals surface area contributed by atoms with Crippen molar-refractivity contribution in [2.45, 2.75) is 20.4 Å². The zero-order valence-corrected chi connectivity index (χ0v) is 13.5. The van der Waals surface area contributed by atoms with E-state index >= 15 is 0 Å². The molecule has 0 aromatic carbocycles. The number of aryl methyl sites for hydroxylation is 1. The van der Waals surface area contributed by atoms with Gasteiger partial charge in [0, 0.05) is 18.7 Å². The van der Waals surface area contributed by atoms with E-state index in [9.17, 15) is 0 Å². The number of fused-ring (bicyclic) bond motifs is 1. The maximum absolute atomic E-state index is 5.77. The van der Waals surface area contributed by atoms with Crippen LogP contribution in [0.1, 0.15) is 12.5 Å². The molecule has 3 rings (SSSR count). The molecular formula is C15H16N4S2. The van der Waals surface area contributed by atoms with Crippen molar-refractivity contribution < 1.29 is 0 Å². The van der Waals surface area contributed by atoms with Crippen LogP contribution in [0.3, 0.4) is 0 Å². The Kier molecular flexibility index (Phi) is 3.73. The van der Waals surface area contributed by atoms with Gasteiger partial charge in [0.2, 0.25) is 0 Å². The Hall–Kier alpha value is -1.79. The van der Waals surface area contributed by atoms with Crippen molar-refractivity contribution in [2.75, 3.05) is 0 Å². The lowest BCUT2D eigenvalue weighted by Crippen LogP contribution is -2.23. The van der Waals surface area contributed by atoms with E-state index in [2.05, 4.69) is 27.1 Å². The molecule has 1 unspecified atom stereocenters. The largest absolute Gasteiger partial charge is 0.393 e. The highest BCUT2D eigenvalue weighted by Gasteiger charge is 2.17. The van der Waals surface area contributed by atoms with Crippen molar-refractivity contribution in [1.82, 2.24) is 14.5 Å². The van der Waals surface area contributed by atoms with Gasteiger partial charge in [0.15, 0.2) is 11.5 Å². The fourth-order valence-corrected chi connectivity index (χ4v) is 3.04. The quantitative estimate of drug-likeness (QED) is 0.750. The van der Waals surface area contributed by atoms with Crippen molar-refractivity contribution in [3.63, 3.8) is 0 Å². The molecule has 0 aliphatic heterocycles. The predicted octanol–water partition coefficient (Wildman–Crippen LogP) is 3.39. The summed E-state index contributed by atoms with van der Waals surface area (Å²) in [4.78, 5) is 10.9. The number of aromatic nitrogens is 3. The van der Waals surface area contributed by atoms with E-state index in [-0.39, 0.29) is 5.92 Å². The molecule has 0 saturated carbocycles. The third kappa shape index (κ3) is 2.69. The Bertz CT molecular complexity index is 789. The Morgan fingerprint density at radius 3 is 3.00 bits per heavy atom. The van der Waals surface area contributed by atoms with Crippen LogP contribution in [0.5, 0.6) is 0 Å². The van der Waals surface area contributed by atoms with Gasteiger partial charge in [-0.1, -0.05) is 25.2 Å². The smallest absolute Gasteiger partial charge is 0.160 e. The van der Waals surface area contributed by atoms with Gasteiger partial charge in [-0.2, -0.15) is 0 Å². The first-order chi connectivity index (χ1) is 10.1. The first-order valence-electron chi connectivity index (χ1n) is 6.72. The van der Waals surface area contributed by atoms with Gasteiger partial charge in [0.25, 0.3) is 0 Å². The van der Waals surface area contributed by atoms with Crippen LogP contribution >= 0.6 is 23.6 Å². The average molecular weight is 316 g/mol. The van der Waals surface area contributed by atoms with E-state index in [1.165, 1.54) is 0 Å². The van der Waals surface area contributed by atoms with Crippen molar-refractivity contribution in [3.8, 4) is 10.7 Å². The molecule has 0 spiro atoms. The van der Waals surface area contributed by atoms with E-state index in [1.54, 1.807) is 11.3 Å².